The van der Waals surface area contributed by atoms with E-state index in [1.54, 1.807) is 7.11 Å². The van der Waals surface area contributed by atoms with Gasteiger partial charge in [0, 0.05) is 43.9 Å². The van der Waals surface area contributed by atoms with Crippen LogP contribution >= 0.6 is 0 Å². The van der Waals surface area contributed by atoms with E-state index in [0.29, 0.717) is 18.0 Å². The molecule has 26 heavy (non-hydrogen) atoms. The third-order valence-electron chi connectivity index (χ3n) is 5.39. The van der Waals surface area contributed by atoms with Gasteiger partial charge < -0.3 is 14.0 Å². The summed E-state index contributed by atoms with van der Waals surface area (Å²) >= 11 is 0. The molecule has 2 atom stereocenters. The van der Waals surface area contributed by atoms with Crippen LogP contribution in [-0.4, -0.2) is 50.1 Å². The van der Waals surface area contributed by atoms with Crippen LogP contribution in [0.2, 0.25) is 0 Å². The van der Waals surface area contributed by atoms with Gasteiger partial charge in [0.05, 0.1) is 17.7 Å². The van der Waals surface area contributed by atoms with Crippen molar-refractivity contribution in [2.75, 3.05) is 13.7 Å². The molecule has 0 bridgehead atoms. The van der Waals surface area contributed by atoms with Gasteiger partial charge in [-0.05, 0) is 31.0 Å². The minimum atomic E-state index is -0.129. The van der Waals surface area contributed by atoms with Crippen molar-refractivity contribution in [1.29, 1.82) is 0 Å². The van der Waals surface area contributed by atoms with Crippen LogP contribution in [0.25, 0.3) is 5.52 Å². The predicted molar refractivity (Wildman–Crippen MR) is 94.9 cm³/mol. The maximum absolute atomic E-state index is 13.2. The average molecular weight is 351 g/mol. The Bertz CT molecular complexity index is 925. The van der Waals surface area contributed by atoms with E-state index in [0.717, 1.165) is 36.4 Å². The fourth-order valence-electron chi connectivity index (χ4n) is 3.75. The van der Waals surface area contributed by atoms with Crippen molar-refractivity contribution in [3.63, 3.8) is 0 Å². The first-order chi connectivity index (χ1) is 12.7. The number of aromatic amines is 1. The zero-order valence-electron chi connectivity index (χ0n) is 14.6. The Morgan fingerprint density at radius 1 is 1.35 bits per heavy atom. The molecule has 5 rings (SSSR count). The highest BCUT2D eigenvalue weighted by Gasteiger charge is 2.39. The summed E-state index contributed by atoms with van der Waals surface area (Å²) in [4.78, 5) is 19.7. The third-order valence-corrected chi connectivity index (χ3v) is 5.39. The lowest BCUT2D eigenvalue weighted by molar-refractivity contribution is 0.0684. The molecule has 3 aromatic rings. The summed E-state index contributed by atoms with van der Waals surface area (Å²) in [6, 6.07) is 7.71. The van der Waals surface area contributed by atoms with Crippen LogP contribution in [0.3, 0.4) is 0 Å². The lowest BCUT2D eigenvalue weighted by atomic mass is 10.1. The summed E-state index contributed by atoms with van der Waals surface area (Å²) in [7, 11) is 1.69. The first-order valence-corrected chi connectivity index (χ1v) is 9.05. The Morgan fingerprint density at radius 3 is 3.00 bits per heavy atom. The first-order valence-electron chi connectivity index (χ1n) is 9.05. The highest BCUT2D eigenvalue weighted by molar-refractivity contribution is 5.96. The minimum Gasteiger partial charge on any atom is -0.380 e. The van der Waals surface area contributed by atoms with Crippen LogP contribution in [0.4, 0.5) is 0 Å². The van der Waals surface area contributed by atoms with Crippen molar-refractivity contribution in [2.24, 2.45) is 0 Å². The van der Waals surface area contributed by atoms with Gasteiger partial charge >= 0.3 is 0 Å². The van der Waals surface area contributed by atoms with Gasteiger partial charge in [0.2, 0.25) is 0 Å². The Hall–Kier alpha value is -2.67. The molecular weight excluding hydrogens is 330 g/mol. The van der Waals surface area contributed by atoms with Crippen molar-refractivity contribution in [3.05, 3.63) is 53.9 Å². The number of likely N-dealkylation sites (tertiary alicyclic amines) is 1. The number of H-pyrrole nitrogens is 1. The van der Waals surface area contributed by atoms with Gasteiger partial charge in [0.1, 0.15) is 5.82 Å². The molecule has 1 N–H and O–H groups in total. The summed E-state index contributed by atoms with van der Waals surface area (Å²) in [5.41, 5.74) is 1.69. The molecule has 1 saturated heterocycles. The fourth-order valence-corrected chi connectivity index (χ4v) is 3.75. The van der Waals surface area contributed by atoms with Crippen LogP contribution in [0.1, 0.15) is 53.2 Å². The van der Waals surface area contributed by atoms with Gasteiger partial charge in [-0.2, -0.15) is 5.10 Å². The number of nitrogens with zero attached hydrogens (tertiary/aromatic N) is 4. The largest absolute Gasteiger partial charge is 0.380 e. The van der Waals surface area contributed by atoms with Gasteiger partial charge in [-0.3, -0.25) is 9.89 Å². The fraction of sp³-hybridized carbons (Fsp3) is 0.421. The van der Waals surface area contributed by atoms with Crippen molar-refractivity contribution >= 4 is 11.4 Å². The van der Waals surface area contributed by atoms with Crippen LogP contribution in [-0.2, 0) is 4.74 Å². The number of amides is 1. The van der Waals surface area contributed by atoms with Gasteiger partial charge in [0.25, 0.3) is 5.91 Å². The standard InChI is InChI=1S/C19H21N5O2/c1-26-15-9-16(18-20-17(21-22-18)12-5-6-12)24(11-15)19(25)13-8-14-4-2-3-7-23(14)10-13/h2-4,7-8,10,12,15-16H,5-6,9,11H2,1H3,(H,20,21,22)/t15-,16+/m1/s1. The second kappa shape index (κ2) is 5.95. The molecule has 1 amide bonds. The smallest absolute Gasteiger partial charge is 0.256 e. The minimum absolute atomic E-state index is 0.00243. The number of methoxy groups -OCH3 is 1. The molecule has 3 aromatic heterocycles. The average Bonchev–Trinajstić information content (AvgIpc) is 3.12. The Kier molecular flexibility index (Phi) is 3.56. The maximum Gasteiger partial charge on any atom is 0.256 e. The molecule has 2 fully saturated rings. The van der Waals surface area contributed by atoms with E-state index in [4.69, 9.17) is 4.74 Å². The number of fused-ring (bicyclic) bond motifs is 1. The molecule has 1 aliphatic carbocycles. The molecule has 4 heterocycles. The number of rotatable bonds is 4. The number of carbonyl (C=O) groups excluding carboxylic acids is 1. The van der Waals surface area contributed by atoms with Crippen LogP contribution in [0.15, 0.2) is 36.7 Å². The Morgan fingerprint density at radius 2 is 2.23 bits per heavy atom. The van der Waals surface area contributed by atoms with Crippen molar-refractivity contribution in [3.8, 4) is 0 Å². The summed E-state index contributed by atoms with van der Waals surface area (Å²) in [5.74, 6) is 2.13. The van der Waals surface area contributed by atoms with Gasteiger partial charge in [-0.15, -0.1) is 0 Å². The van der Waals surface area contributed by atoms with Gasteiger partial charge in [0.15, 0.2) is 5.82 Å². The number of nitrogens with one attached hydrogen (secondary N) is 1. The molecular formula is C19H21N5O2. The Balaban J connectivity index is 1.46. The predicted octanol–water partition coefficient (Wildman–Crippen LogP) is 2.54. The van der Waals surface area contributed by atoms with E-state index < -0.39 is 0 Å². The van der Waals surface area contributed by atoms with Crippen LogP contribution in [0, 0.1) is 0 Å². The third kappa shape index (κ3) is 2.59. The number of hydrogen-bond acceptors (Lipinski definition) is 4. The number of carbonyl (C=O) groups is 1. The number of hydrogen-bond donors (Lipinski definition) is 1. The molecule has 7 heteroatoms. The topological polar surface area (TPSA) is 75.5 Å². The van der Waals surface area contributed by atoms with Gasteiger partial charge in [-0.25, -0.2) is 4.98 Å². The number of aromatic nitrogens is 4. The highest BCUT2D eigenvalue weighted by atomic mass is 16.5. The zero-order valence-corrected chi connectivity index (χ0v) is 14.6. The van der Waals surface area contributed by atoms with Gasteiger partial charge in [-0.1, -0.05) is 6.07 Å². The lowest BCUT2D eigenvalue weighted by Gasteiger charge is -2.22. The summed E-state index contributed by atoms with van der Waals surface area (Å²) in [6.45, 7) is 0.561. The van der Waals surface area contributed by atoms with Crippen molar-refractivity contribution < 1.29 is 9.53 Å². The van der Waals surface area contributed by atoms with E-state index in [1.165, 1.54) is 0 Å². The highest BCUT2D eigenvalue weighted by Crippen LogP contribution is 2.39. The van der Waals surface area contributed by atoms with E-state index in [9.17, 15) is 4.79 Å². The molecule has 1 saturated carbocycles. The van der Waals surface area contributed by atoms with E-state index >= 15 is 0 Å². The summed E-state index contributed by atoms with van der Waals surface area (Å²) in [5, 5.41) is 7.42. The van der Waals surface area contributed by atoms with E-state index in [1.807, 2.05) is 46.0 Å². The maximum atomic E-state index is 13.2. The molecule has 7 nitrogen and oxygen atoms in total. The molecule has 0 aromatic carbocycles. The quantitative estimate of drug-likeness (QED) is 0.784. The van der Waals surface area contributed by atoms with E-state index in [-0.39, 0.29) is 18.1 Å². The monoisotopic (exact) mass is 351 g/mol. The van der Waals surface area contributed by atoms with E-state index in [2.05, 4.69) is 15.2 Å². The van der Waals surface area contributed by atoms with Crippen LogP contribution in [0.5, 0.6) is 0 Å². The molecule has 0 spiro atoms. The summed E-state index contributed by atoms with van der Waals surface area (Å²) < 4.78 is 7.51. The number of ether oxygens (including phenoxy) is 1. The van der Waals surface area contributed by atoms with Crippen molar-refractivity contribution in [1.82, 2.24) is 24.5 Å². The molecule has 2 aliphatic rings. The second-order valence-electron chi connectivity index (χ2n) is 7.18. The SMILES string of the molecule is CO[C@@H]1C[C@@H](c2nc(C3CC3)n[nH]2)N(C(=O)c2cc3ccccn3c2)C1. The van der Waals surface area contributed by atoms with Crippen LogP contribution < -0.4 is 0 Å². The first kappa shape index (κ1) is 15.6. The zero-order chi connectivity index (χ0) is 17.7. The summed E-state index contributed by atoms with van der Waals surface area (Å²) in [6.07, 6.45) is 6.88. The molecule has 0 radical (unpaired) electrons. The molecule has 1 aliphatic heterocycles. The number of pyridine rings is 1. The normalized spacial score (nSPS) is 23.0. The second-order valence-corrected chi connectivity index (χ2v) is 7.18. The van der Waals surface area contributed by atoms with Crippen molar-refractivity contribution in [2.45, 2.75) is 37.3 Å². The lowest BCUT2D eigenvalue weighted by Crippen LogP contribution is -2.32. The Labute approximate surface area is 151 Å². The molecule has 0 unspecified atom stereocenters. The molecule has 134 valence electrons.